The molecule has 2 N–H and O–H groups in total. The first-order valence-electron chi connectivity index (χ1n) is 6.90. The summed E-state index contributed by atoms with van der Waals surface area (Å²) in [5, 5.41) is 3.05. The highest BCUT2D eigenvalue weighted by atomic mass is 32.2. The summed E-state index contributed by atoms with van der Waals surface area (Å²) in [7, 11) is -1.58. The highest BCUT2D eigenvalue weighted by Crippen LogP contribution is 2.20. The van der Waals surface area contributed by atoms with Crippen molar-refractivity contribution >= 4 is 10.0 Å². The second kappa shape index (κ2) is 6.70. The normalized spacial score (nSPS) is 12.7. The van der Waals surface area contributed by atoms with Gasteiger partial charge in [-0.15, -0.1) is 0 Å². The third-order valence-corrected chi connectivity index (χ3v) is 4.83. The van der Waals surface area contributed by atoms with Crippen molar-refractivity contribution in [1.29, 1.82) is 0 Å². The molecule has 0 aliphatic carbocycles. The van der Waals surface area contributed by atoms with Crippen LogP contribution in [0.1, 0.15) is 38.3 Å². The fourth-order valence-electron chi connectivity index (χ4n) is 1.97. The zero-order valence-corrected chi connectivity index (χ0v) is 13.9. The number of hydrogen-bond donors (Lipinski definition) is 2. The van der Waals surface area contributed by atoms with Gasteiger partial charge in [-0.2, -0.15) is 0 Å². The van der Waals surface area contributed by atoms with E-state index in [0.717, 1.165) is 17.5 Å². The van der Waals surface area contributed by atoms with E-state index >= 15 is 0 Å². The van der Waals surface area contributed by atoms with E-state index in [1.807, 2.05) is 20.0 Å². The van der Waals surface area contributed by atoms with Gasteiger partial charge in [0.05, 0.1) is 4.90 Å². The molecule has 1 aromatic rings. The van der Waals surface area contributed by atoms with Gasteiger partial charge in [-0.3, -0.25) is 0 Å². The van der Waals surface area contributed by atoms with E-state index in [-0.39, 0.29) is 5.41 Å². The molecule has 0 saturated heterocycles. The molecule has 0 fully saturated rings. The molecule has 0 bridgehead atoms. The van der Waals surface area contributed by atoms with Crippen molar-refractivity contribution in [2.75, 3.05) is 13.6 Å². The van der Waals surface area contributed by atoms with Crippen molar-refractivity contribution in [1.82, 2.24) is 10.0 Å². The smallest absolute Gasteiger partial charge is 0.240 e. The topological polar surface area (TPSA) is 58.2 Å². The minimum atomic E-state index is -3.43. The zero-order chi connectivity index (χ0) is 15.4. The molecule has 0 aliphatic heterocycles. The van der Waals surface area contributed by atoms with Crippen molar-refractivity contribution in [3.05, 3.63) is 29.3 Å². The molecular weight excluding hydrogens is 272 g/mol. The van der Waals surface area contributed by atoms with Crippen LogP contribution in [0.15, 0.2) is 23.1 Å². The van der Waals surface area contributed by atoms with Crippen molar-refractivity contribution in [3.8, 4) is 0 Å². The van der Waals surface area contributed by atoms with Crippen molar-refractivity contribution in [2.24, 2.45) is 5.41 Å². The zero-order valence-electron chi connectivity index (χ0n) is 13.1. The fraction of sp³-hybridized carbons (Fsp3) is 0.600. The first-order chi connectivity index (χ1) is 9.17. The van der Waals surface area contributed by atoms with Crippen LogP contribution >= 0.6 is 0 Å². The van der Waals surface area contributed by atoms with E-state index in [9.17, 15) is 8.42 Å². The third kappa shape index (κ3) is 4.89. The lowest BCUT2D eigenvalue weighted by atomic mass is 9.93. The molecule has 0 unspecified atom stereocenters. The van der Waals surface area contributed by atoms with E-state index in [1.54, 1.807) is 12.1 Å². The van der Waals surface area contributed by atoms with Crippen LogP contribution in [-0.4, -0.2) is 22.0 Å². The number of benzene rings is 1. The standard InChI is InChI=1S/C15H26N2O2S/c1-12-13(11-16-5)7-6-8-14(12)20(18,19)17-10-9-15(2,3)4/h6-8,16-17H,9-11H2,1-5H3. The van der Waals surface area contributed by atoms with Gasteiger partial charge in [0.25, 0.3) is 0 Å². The average Bonchev–Trinajstić information content (AvgIpc) is 2.29. The van der Waals surface area contributed by atoms with Crippen LogP contribution in [0.2, 0.25) is 0 Å². The molecule has 0 amide bonds. The molecule has 1 rings (SSSR count). The predicted molar refractivity (Wildman–Crippen MR) is 83.2 cm³/mol. The molecule has 0 atom stereocenters. The first-order valence-corrected chi connectivity index (χ1v) is 8.38. The Bertz CT molecular complexity index is 545. The van der Waals surface area contributed by atoms with Gasteiger partial charge in [0.1, 0.15) is 0 Å². The molecule has 4 nitrogen and oxygen atoms in total. The van der Waals surface area contributed by atoms with Crippen molar-refractivity contribution < 1.29 is 8.42 Å². The van der Waals surface area contributed by atoms with Gasteiger partial charge in [-0.25, -0.2) is 13.1 Å². The van der Waals surface area contributed by atoms with Gasteiger partial charge >= 0.3 is 0 Å². The van der Waals surface area contributed by atoms with Crippen LogP contribution < -0.4 is 10.0 Å². The molecule has 0 radical (unpaired) electrons. The SMILES string of the molecule is CNCc1cccc(S(=O)(=O)NCCC(C)(C)C)c1C. The highest BCUT2D eigenvalue weighted by molar-refractivity contribution is 7.89. The summed E-state index contributed by atoms with van der Waals surface area (Å²) in [5.74, 6) is 0. The maximum atomic E-state index is 12.4. The Morgan fingerprint density at radius 3 is 2.40 bits per heavy atom. The molecule has 1 aromatic carbocycles. The summed E-state index contributed by atoms with van der Waals surface area (Å²) in [6.45, 7) is 9.27. The molecule has 0 aliphatic rings. The van der Waals surface area contributed by atoms with Gasteiger partial charge in [-0.1, -0.05) is 32.9 Å². The molecule has 20 heavy (non-hydrogen) atoms. The molecule has 0 saturated carbocycles. The van der Waals surface area contributed by atoms with Crippen molar-refractivity contribution in [3.63, 3.8) is 0 Å². The lowest BCUT2D eigenvalue weighted by Gasteiger charge is -2.18. The van der Waals surface area contributed by atoms with Crippen LogP contribution in [0.4, 0.5) is 0 Å². The molecule has 0 aromatic heterocycles. The van der Waals surface area contributed by atoms with E-state index < -0.39 is 10.0 Å². The van der Waals surface area contributed by atoms with E-state index in [2.05, 4.69) is 30.8 Å². The number of rotatable bonds is 6. The highest BCUT2D eigenvalue weighted by Gasteiger charge is 2.19. The lowest BCUT2D eigenvalue weighted by Crippen LogP contribution is -2.28. The average molecular weight is 298 g/mol. The summed E-state index contributed by atoms with van der Waals surface area (Å²) in [4.78, 5) is 0.374. The Morgan fingerprint density at radius 1 is 1.20 bits per heavy atom. The second-order valence-electron chi connectivity index (χ2n) is 6.28. The number of hydrogen-bond acceptors (Lipinski definition) is 3. The van der Waals surface area contributed by atoms with E-state index in [4.69, 9.17) is 0 Å². The predicted octanol–water partition coefficient (Wildman–Crippen LogP) is 2.43. The monoisotopic (exact) mass is 298 g/mol. The van der Waals surface area contributed by atoms with Crippen LogP contribution in [0.25, 0.3) is 0 Å². The van der Waals surface area contributed by atoms with Gasteiger partial charge in [0.2, 0.25) is 10.0 Å². The van der Waals surface area contributed by atoms with Crippen LogP contribution in [0, 0.1) is 12.3 Å². The van der Waals surface area contributed by atoms with Crippen LogP contribution in [-0.2, 0) is 16.6 Å². The van der Waals surface area contributed by atoms with Crippen molar-refractivity contribution in [2.45, 2.75) is 45.6 Å². The Balaban J connectivity index is 2.90. The van der Waals surface area contributed by atoms with E-state index in [1.165, 1.54) is 0 Å². The van der Waals surface area contributed by atoms with Gasteiger partial charge in [0, 0.05) is 13.1 Å². The Labute approximate surface area is 123 Å². The van der Waals surface area contributed by atoms with Crippen LogP contribution in [0.3, 0.4) is 0 Å². The quantitative estimate of drug-likeness (QED) is 0.848. The van der Waals surface area contributed by atoms with Crippen LogP contribution in [0.5, 0.6) is 0 Å². The fourth-order valence-corrected chi connectivity index (χ4v) is 3.29. The third-order valence-electron chi connectivity index (χ3n) is 3.22. The largest absolute Gasteiger partial charge is 0.316 e. The number of sulfonamides is 1. The Hall–Kier alpha value is -0.910. The Morgan fingerprint density at radius 2 is 1.85 bits per heavy atom. The summed E-state index contributed by atoms with van der Waals surface area (Å²) < 4.78 is 27.4. The lowest BCUT2D eigenvalue weighted by molar-refractivity contribution is 0.378. The maximum absolute atomic E-state index is 12.4. The van der Waals surface area contributed by atoms with E-state index in [0.29, 0.717) is 18.0 Å². The summed E-state index contributed by atoms with van der Waals surface area (Å²) in [5.41, 5.74) is 1.93. The molecular formula is C15H26N2O2S. The van der Waals surface area contributed by atoms with Gasteiger partial charge in [0.15, 0.2) is 0 Å². The van der Waals surface area contributed by atoms with Gasteiger partial charge < -0.3 is 5.32 Å². The minimum Gasteiger partial charge on any atom is -0.316 e. The summed E-state index contributed by atoms with van der Waals surface area (Å²) >= 11 is 0. The summed E-state index contributed by atoms with van der Waals surface area (Å²) in [6, 6.07) is 5.39. The molecule has 5 heteroatoms. The first kappa shape index (κ1) is 17.1. The van der Waals surface area contributed by atoms with Gasteiger partial charge in [-0.05, 0) is 43.0 Å². The number of nitrogens with one attached hydrogen (secondary N) is 2. The molecule has 114 valence electrons. The minimum absolute atomic E-state index is 0.117. The second-order valence-corrected chi connectivity index (χ2v) is 8.01. The summed E-state index contributed by atoms with van der Waals surface area (Å²) in [6.07, 6.45) is 0.807. The molecule has 0 heterocycles. The molecule has 0 spiro atoms. The maximum Gasteiger partial charge on any atom is 0.240 e. The Kier molecular flexibility index (Phi) is 5.74.